The van der Waals surface area contributed by atoms with E-state index in [1.807, 2.05) is 19.9 Å². The Morgan fingerprint density at radius 2 is 1.46 bits per heavy atom. The van der Waals surface area contributed by atoms with Gasteiger partial charge in [-0.3, -0.25) is 0 Å². The van der Waals surface area contributed by atoms with Gasteiger partial charge in [-0.15, -0.1) is 0 Å². The summed E-state index contributed by atoms with van der Waals surface area (Å²) in [6.45, 7) is 10.6. The molecule has 0 aromatic rings. The molecule has 2 heteroatoms. The first-order valence-corrected chi connectivity index (χ1v) is 11.0. The number of hydrogen-bond acceptors (Lipinski definition) is 1. The third kappa shape index (κ3) is 4.87. The summed E-state index contributed by atoms with van der Waals surface area (Å²) >= 11 is -1.68. The van der Waals surface area contributed by atoms with Crippen molar-refractivity contribution in [1.29, 1.82) is 0 Å². The average molecular weight is 245 g/mol. The van der Waals surface area contributed by atoms with Gasteiger partial charge in [0.2, 0.25) is 0 Å². The maximum absolute atomic E-state index is 9.61. The van der Waals surface area contributed by atoms with Crippen LogP contribution in [0.5, 0.6) is 0 Å². The zero-order valence-electron chi connectivity index (χ0n) is 9.72. The minimum atomic E-state index is -1.68. The molecule has 0 amide bonds. The average Bonchev–Trinajstić information content (AvgIpc) is 2.06. The van der Waals surface area contributed by atoms with Crippen LogP contribution in [0.2, 0.25) is 15.8 Å². The number of rotatable bonds is 5. The fourth-order valence-electron chi connectivity index (χ4n) is 1.48. The second kappa shape index (κ2) is 5.20. The standard InChI is InChI=1S/C11H24GeO/c1-6-12(7-2,8-3)10-9-11(4,5)13/h9-10,13H,6-8H2,1-5H3/b10-9-. The fourth-order valence-corrected chi connectivity index (χ4v) is 7.71. The quantitative estimate of drug-likeness (QED) is 0.736. The summed E-state index contributed by atoms with van der Waals surface area (Å²) in [5.74, 6) is 0. The molecule has 1 N–H and O–H groups in total. The first kappa shape index (κ1) is 13.2. The molecular weight excluding hydrogens is 221 g/mol. The van der Waals surface area contributed by atoms with Gasteiger partial charge in [0.1, 0.15) is 0 Å². The zero-order valence-corrected chi connectivity index (χ0v) is 11.8. The number of aliphatic hydroxyl groups is 1. The van der Waals surface area contributed by atoms with Gasteiger partial charge in [-0.05, 0) is 0 Å². The molecule has 0 saturated heterocycles. The summed E-state index contributed by atoms with van der Waals surface area (Å²) in [6, 6.07) is 0. The van der Waals surface area contributed by atoms with Crippen LogP contribution in [0.15, 0.2) is 11.0 Å². The second-order valence-electron chi connectivity index (χ2n) is 4.41. The van der Waals surface area contributed by atoms with Crippen molar-refractivity contribution >= 4 is 13.3 Å². The normalized spacial score (nSPS) is 14.0. The molecular formula is C11H24GeO. The van der Waals surface area contributed by atoms with E-state index >= 15 is 0 Å². The molecule has 0 aromatic carbocycles. The van der Waals surface area contributed by atoms with E-state index in [4.69, 9.17) is 0 Å². The molecule has 0 spiro atoms. The summed E-state index contributed by atoms with van der Waals surface area (Å²) in [5.41, 5.74) is -0.629. The van der Waals surface area contributed by atoms with Gasteiger partial charge in [0.25, 0.3) is 0 Å². The molecule has 0 heterocycles. The van der Waals surface area contributed by atoms with Crippen molar-refractivity contribution in [1.82, 2.24) is 0 Å². The molecule has 0 unspecified atom stereocenters. The van der Waals surface area contributed by atoms with Gasteiger partial charge in [0.15, 0.2) is 0 Å². The zero-order chi connectivity index (χ0) is 10.5. The summed E-state index contributed by atoms with van der Waals surface area (Å²) in [7, 11) is 0. The van der Waals surface area contributed by atoms with E-state index in [9.17, 15) is 5.11 Å². The van der Waals surface area contributed by atoms with E-state index in [1.165, 1.54) is 15.8 Å². The Hall–Kier alpha value is 0.243. The van der Waals surface area contributed by atoms with Crippen LogP contribution in [0.1, 0.15) is 34.6 Å². The minimum absolute atomic E-state index is 0.629. The predicted molar refractivity (Wildman–Crippen MR) is 62.6 cm³/mol. The Kier molecular flexibility index (Phi) is 5.30. The summed E-state index contributed by atoms with van der Waals surface area (Å²) in [4.78, 5) is 2.38. The van der Waals surface area contributed by atoms with Crippen LogP contribution in [0.3, 0.4) is 0 Å². The monoisotopic (exact) mass is 246 g/mol. The van der Waals surface area contributed by atoms with Crippen molar-refractivity contribution in [2.24, 2.45) is 0 Å². The van der Waals surface area contributed by atoms with Gasteiger partial charge >= 0.3 is 85.3 Å². The van der Waals surface area contributed by atoms with Crippen LogP contribution >= 0.6 is 0 Å². The molecule has 0 rings (SSSR count). The fraction of sp³-hybridized carbons (Fsp3) is 0.818. The van der Waals surface area contributed by atoms with E-state index in [1.54, 1.807) is 0 Å². The molecule has 0 atom stereocenters. The molecule has 0 aliphatic rings. The molecule has 13 heavy (non-hydrogen) atoms. The molecule has 0 fully saturated rings. The molecule has 0 bridgehead atoms. The van der Waals surface area contributed by atoms with Crippen molar-refractivity contribution in [3.8, 4) is 0 Å². The van der Waals surface area contributed by atoms with E-state index in [0.29, 0.717) is 0 Å². The SMILES string of the molecule is C[CH2][Ge](/[CH]=C\C(C)(C)O)([CH2]C)[CH2]C. The number of hydrogen-bond donors (Lipinski definition) is 1. The van der Waals surface area contributed by atoms with Gasteiger partial charge in [0, 0.05) is 0 Å². The molecule has 0 radical (unpaired) electrons. The Morgan fingerprint density at radius 3 is 1.69 bits per heavy atom. The molecule has 78 valence electrons. The molecule has 1 nitrogen and oxygen atoms in total. The first-order chi connectivity index (χ1) is 5.89. The van der Waals surface area contributed by atoms with Gasteiger partial charge in [-0.25, -0.2) is 0 Å². The second-order valence-corrected chi connectivity index (χ2v) is 15.3. The van der Waals surface area contributed by atoms with E-state index in [2.05, 4.69) is 25.7 Å². The van der Waals surface area contributed by atoms with Crippen LogP contribution in [-0.2, 0) is 0 Å². The third-order valence-corrected chi connectivity index (χ3v) is 13.7. The molecule has 0 aromatic heterocycles. The Labute approximate surface area is 85.6 Å². The third-order valence-electron chi connectivity index (χ3n) is 2.96. The van der Waals surface area contributed by atoms with Crippen molar-refractivity contribution in [3.05, 3.63) is 11.0 Å². The van der Waals surface area contributed by atoms with Crippen molar-refractivity contribution in [3.63, 3.8) is 0 Å². The summed E-state index contributed by atoms with van der Waals surface area (Å²) < 4.78 is 0. The van der Waals surface area contributed by atoms with Crippen LogP contribution < -0.4 is 0 Å². The summed E-state index contributed by atoms with van der Waals surface area (Å²) in [6.07, 6.45) is 2.00. The van der Waals surface area contributed by atoms with Crippen LogP contribution in [-0.4, -0.2) is 24.0 Å². The molecule has 0 saturated carbocycles. The van der Waals surface area contributed by atoms with Crippen molar-refractivity contribution in [2.45, 2.75) is 56.0 Å². The van der Waals surface area contributed by atoms with Crippen molar-refractivity contribution in [2.75, 3.05) is 0 Å². The Bertz CT molecular complexity index is 155. The van der Waals surface area contributed by atoms with Gasteiger partial charge in [0.05, 0.1) is 0 Å². The van der Waals surface area contributed by atoms with Gasteiger partial charge in [-0.1, -0.05) is 0 Å². The van der Waals surface area contributed by atoms with Crippen LogP contribution in [0.4, 0.5) is 0 Å². The first-order valence-electron chi connectivity index (χ1n) is 5.32. The topological polar surface area (TPSA) is 20.2 Å². The molecule has 0 aliphatic heterocycles. The predicted octanol–water partition coefficient (Wildman–Crippen LogP) is 3.36. The van der Waals surface area contributed by atoms with Crippen molar-refractivity contribution < 1.29 is 5.11 Å². The van der Waals surface area contributed by atoms with E-state index in [-0.39, 0.29) is 0 Å². The Balaban J connectivity index is 4.51. The maximum atomic E-state index is 9.61. The van der Waals surface area contributed by atoms with Gasteiger partial charge in [-0.2, -0.15) is 0 Å². The van der Waals surface area contributed by atoms with Gasteiger partial charge < -0.3 is 0 Å². The van der Waals surface area contributed by atoms with E-state index in [0.717, 1.165) is 0 Å². The van der Waals surface area contributed by atoms with Crippen LogP contribution in [0, 0.1) is 0 Å². The molecule has 0 aliphatic carbocycles. The van der Waals surface area contributed by atoms with Crippen LogP contribution in [0.25, 0.3) is 0 Å². The van der Waals surface area contributed by atoms with E-state index < -0.39 is 18.9 Å². The summed E-state index contributed by atoms with van der Waals surface area (Å²) in [5, 5.41) is 13.6. The Morgan fingerprint density at radius 1 is 1.08 bits per heavy atom.